The number of carbonyl (C=O) groups excluding carboxylic acids is 3. The van der Waals surface area contributed by atoms with Crippen LogP contribution in [0.3, 0.4) is 0 Å². The Morgan fingerprint density at radius 2 is 0.580 bits per heavy atom. The third-order valence-corrected chi connectivity index (χ3v) is 12.0. The molecule has 0 aliphatic rings. The van der Waals surface area contributed by atoms with E-state index in [1.165, 1.54) is 128 Å². The lowest BCUT2D eigenvalue weighted by Crippen LogP contribution is -2.30. The number of rotatable bonds is 51. The molecule has 394 valence electrons. The smallest absolute Gasteiger partial charge is 0.306 e. The van der Waals surface area contributed by atoms with Crippen molar-refractivity contribution in [1.82, 2.24) is 0 Å². The lowest BCUT2D eigenvalue weighted by molar-refractivity contribution is -0.167. The Morgan fingerprint density at radius 1 is 0.304 bits per heavy atom. The topological polar surface area (TPSA) is 78.9 Å². The number of unbranched alkanes of at least 4 members (excludes halogenated alkanes) is 24. The molecule has 6 heteroatoms. The molecule has 0 saturated heterocycles. The van der Waals surface area contributed by atoms with Crippen LogP contribution in [0.5, 0.6) is 0 Å². The number of allylic oxidation sites excluding steroid dienone is 16. The van der Waals surface area contributed by atoms with Crippen LogP contribution in [0.2, 0.25) is 0 Å². The fourth-order valence-corrected chi connectivity index (χ4v) is 7.74. The zero-order valence-electron chi connectivity index (χ0n) is 45.0. The molecule has 0 N–H and O–H groups in total. The molecule has 0 amide bonds. The number of hydrogen-bond donors (Lipinski definition) is 0. The van der Waals surface area contributed by atoms with Crippen molar-refractivity contribution in [2.75, 3.05) is 13.2 Å². The van der Waals surface area contributed by atoms with Gasteiger partial charge in [-0.1, -0.05) is 227 Å². The van der Waals surface area contributed by atoms with E-state index < -0.39 is 6.10 Å². The average molecular weight is 960 g/mol. The number of hydrogen-bond acceptors (Lipinski definition) is 6. The summed E-state index contributed by atoms with van der Waals surface area (Å²) in [5.41, 5.74) is 0. The van der Waals surface area contributed by atoms with Gasteiger partial charge in [0, 0.05) is 19.3 Å². The van der Waals surface area contributed by atoms with E-state index in [1.807, 2.05) is 0 Å². The molecule has 0 spiro atoms. The Morgan fingerprint density at radius 3 is 0.986 bits per heavy atom. The average Bonchev–Trinajstić information content (AvgIpc) is 3.35. The molecule has 6 nitrogen and oxygen atoms in total. The highest BCUT2D eigenvalue weighted by Gasteiger charge is 2.19. The van der Waals surface area contributed by atoms with Gasteiger partial charge < -0.3 is 14.2 Å². The van der Waals surface area contributed by atoms with Crippen LogP contribution in [-0.2, 0) is 28.6 Å². The number of carbonyl (C=O) groups is 3. The van der Waals surface area contributed by atoms with Gasteiger partial charge in [0.05, 0.1) is 0 Å². The summed E-state index contributed by atoms with van der Waals surface area (Å²) in [7, 11) is 0. The Kier molecular flexibility index (Phi) is 53.9. The minimum atomic E-state index is -0.808. The van der Waals surface area contributed by atoms with Gasteiger partial charge in [-0.3, -0.25) is 14.4 Å². The largest absolute Gasteiger partial charge is 0.462 e. The molecule has 0 aromatic carbocycles. The second kappa shape index (κ2) is 56.9. The van der Waals surface area contributed by atoms with Crippen molar-refractivity contribution >= 4 is 17.9 Å². The molecular weight excluding hydrogens is 853 g/mol. The fraction of sp³-hybridized carbons (Fsp3) is 0.698. The highest BCUT2D eigenvalue weighted by Crippen LogP contribution is 2.14. The van der Waals surface area contributed by atoms with Crippen LogP contribution in [0.15, 0.2) is 97.2 Å². The van der Waals surface area contributed by atoms with Crippen molar-refractivity contribution in [2.45, 2.75) is 271 Å². The van der Waals surface area contributed by atoms with Crippen LogP contribution in [0.25, 0.3) is 0 Å². The van der Waals surface area contributed by atoms with Crippen molar-refractivity contribution in [2.24, 2.45) is 0 Å². The van der Waals surface area contributed by atoms with Gasteiger partial charge in [-0.15, -0.1) is 0 Å². The van der Waals surface area contributed by atoms with Crippen LogP contribution >= 0.6 is 0 Å². The van der Waals surface area contributed by atoms with Crippen LogP contribution in [0.4, 0.5) is 0 Å². The first kappa shape index (κ1) is 65.3. The summed E-state index contributed by atoms with van der Waals surface area (Å²) in [6.45, 7) is 6.45. The highest BCUT2D eigenvalue weighted by molar-refractivity contribution is 5.71. The van der Waals surface area contributed by atoms with E-state index in [-0.39, 0.29) is 37.5 Å². The van der Waals surface area contributed by atoms with Gasteiger partial charge in [0.15, 0.2) is 6.10 Å². The maximum atomic E-state index is 12.9. The van der Waals surface area contributed by atoms with Gasteiger partial charge in [0.2, 0.25) is 0 Å². The standard InChI is InChI=1S/C63H106O6/c1-4-7-10-13-16-19-22-25-28-31-34-37-40-43-46-49-52-55-61(64)67-58-60(69-63(66)57-54-51-48-45-42-39-36-33-30-27-24-21-18-15-12-9-6-3)59-68-62(65)56-53-50-47-44-41-38-35-32-29-26-23-20-17-14-11-8-5-2/h7,10,16,18-19,21,25-30,34,37,43,46,60H,4-6,8-9,11-15,17,20,22-24,31-33,35-36,38-42,44-45,47-59H2,1-3H3/b10-7-,19-16-,21-18-,28-25-,29-26-,30-27-,37-34-,46-43-/t60-/m1/s1. The maximum Gasteiger partial charge on any atom is 0.306 e. The Hall–Kier alpha value is -3.67. The summed E-state index contributed by atoms with van der Waals surface area (Å²) >= 11 is 0. The molecule has 1 atom stereocenters. The second-order valence-corrected chi connectivity index (χ2v) is 18.8. The lowest BCUT2D eigenvalue weighted by atomic mass is 10.1. The van der Waals surface area contributed by atoms with Crippen LogP contribution in [0, 0.1) is 0 Å². The van der Waals surface area contributed by atoms with Gasteiger partial charge in [-0.05, 0) is 116 Å². The first-order valence-corrected chi connectivity index (χ1v) is 28.7. The van der Waals surface area contributed by atoms with Crippen molar-refractivity contribution in [3.63, 3.8) is 0 Å². The molecule has 0 aromatic heterocycles. The Bertz CT molecular complexity index is 1380. The Balaban J connectivity index is 4.49. The van der Waals surface area contributed by atoms with Crippen molar-refractivity contribution in [3.05, 3.63) is 97.2 Å². The molecule has 0 radical (unpaired) electrons. The van der Waals surface area contributed by atoms with Crippen LogP contribution in [-0.4, -0.2) is 37.2 Å². The van der Waals surface area contributed by atoms with Gasteiger partial charge in [-0.25, -0.2) is 0 Å². The normalized spacial score (nSPS) is 12.8. The van der Waals surface area contributed by atoms with Gasteiger partial charge in [-0.2, -0.15) is 0 Å². The molecule has 0 aliphatic carbocycles. The quantitative estimate of drug-likeness (QED) is 0.0262. The van der Waals surface area contributed by atoms with E-state index in [4.69, 9.17) is 14.2 Å². The zero-order valence-corrected chi connectivity index (χ0v) is 45.0. The van der Waals surface area contributed by atoms with Gasteiger partial charge >= 0.3 is 17.9 Å². The molecular formula is C63H106O6. The van der Waals surface area contributed by atoms with Crippen molar-refractivity contribution in [3.8, 4) is 0 Å². The molecule has 0 aliphatic heterocycles. The minimum Gasteiger partial charge on any atom is -0.462 e. The Labute approximate surface area is 426 Å². The van der Waals surface area contributed by atoms with E-state index in [9.17, 15) is 14.4 Å². The number of ether oxygens (including phenoxy) is 3. The summed E-state index contributed by atoms with van der Waals surface area (Å²) in [6, 6.07) is 0. The van der Waals surface area contributed by atoms with E-state index in [0.29, 0.717) is 19.3 Å². The second-order valence-electron chi connectivity index (χ2n) is 18.8. The minimum absolute atomic E-state index is 0.101. The SMILES string of the molecule is CC/C=C\C/C=C\C/C=C\C/C=C\C/C=C\CCCC(=O)OC[C@H](COC(=O)CCCCCCCCC/C=C\CCCCCCCC)OC(=O)CCCCCCCCC/C=C\C/C=C\CCCCC. The summed E-state index contributed by atoms with van der Waals surface area (Å²) < 4.78 is 16.8. The van der Waals surface area contributed by atoms with Crippen molar-refractivity contribution < 1.29 is 28.6 Å². The van der Waals surface area contributed by atoms with E-state index in [2.05, 4.69) is 118 Å². The van der Waals surface area contributed by atoms with E-state index >= 15 is 0 Å². The zero-order chi connectivity index (χ0) is 50.0. The highest BCUT2D eigenvalue weighted by atomic mass is 16.6. The lowest BCUT2D eigenvalue weighted by Gasteiger charge is -2.18. The molecule has 0 bridgehead atoms. The molecule has 69 heavy (non-hydrogen) atoms. The molecule has 0 unspecified atom stereocenters. The molecule has 0 rings (SSSR count). The molecule has 0 fully saturated rings. The first-order valence-electron chi connectivity index (χ1n) is 28.7. The van der Waals surface area contributed by atoms with Crippen molar-refractivity contribution in [1.29, 1.82) is 0 Å². The van der Waals surface area contributed by atoms with Crippen LogP contribution < -0.4 is 0 Å². The summed E-state index contributed by atoms with van der Waals surface area (Å²) in [5.74, 6) is -0.971. The predicted molar refractivity (Wildman–Crippen MR) is 297 cm³/mol. The molecule has 0 heterocycles. The van der Waals surface area contributed by atoms with Crippen LogP contribution in [0.1, 0.15) is 265 Å². The summed E-state index contributed by atoms with van der Waals surface area (Å²) in [6.07, 6.45) is 75.4. The maximum absolute atomic E-state index is 12.9. The predicted octanol–water partition coefficient (Wildman–Crippen LogP) is 19.3. The summed E-state index contributed by atoms with van der Waals surface area (Å²) in [4.78, 5) is 38.2. The third-order valence-electron chi connectivity index (χ3n) is 12.0. The number of esters is 3. The summed E-state index contributed by atoms with van der Waals surface area (Å²) in [5, 5.41) is 0. The van der Waals surface area contributed by atoms with E-state index in [0.717, 1.165) is 89.9 Å². The van der Waals surface area contributed by atoms with Gasteiger partial charge in [0.1, 0.15) is 13.2 Å². The fourth-order valence-electron chi connectivity index (χ4n) is 7.74. The molecule has 0 saturated carbocycles. The molecule has 0 aromatic rings. The van der Waals surface area contributed by atoms with Gasteiger partial charge in [0.25, 0.3) is 0 Å². The van der Waals surface area contributed by atoms with E-state index in [1.54, 1.807) is 0 Å². The first-order chi connectivity index (χ1) is 34.0. The third kappa shape index (κ3) is 55.1. The monoisotopic (exact) mass is 959 g/mol.